The normalized spacial score (nSPS) is 10.5. The molecule has 0 aliphatic heterocycles. The van der Waals surface area contributed by atoms with E-state index in [0.717, 1.165) is 22.3 Å². The molecule has 0 fully saturated rings. The number of aryl methyl sites for hydroxylation is 3. The Morgan fingerprint density at radius 3 is 2.18 bits per heavy atom. The molecule has 1 heterocycles. The highest BCUT2D eigenvalue weighted by Gasteiger charge is 2.06. The zero-order valence-corrected chi connectivity index (χ0v) is 13.5. The molecular weight excluding hydrogens is 268 g/mol. The quantitative estimate of drug-likeness (QED) is 0.509. The lowest BCUT2D eigenvalue weighted by Gasteiger charge is -1.90. The lowest BCUT2D eigenvalue weighted by molar-refractivity contribution is 0.577. The van der Waals surface area contributed by atoms with Crippen LogP contribution in [-0.4, -0.2) is 0 Å². The molecule has 1 aromatic heterocycles. The van der Waals surface area contributed by atoms with Crippen LogP contribution < -0.4 is 0 Å². The molecule has 0 bridgehead atoms. The van der Waals surface area contributed by atoms with Gasteiger partial charge in [-0.05, 0) is 26.8 Å². The zero-order chi connectivity index (χ0) is 15.9. The Morgan fingerprint density at radius 2 is 1.59 bits per heavy atom. The van der Waals surface area contributed by atoms with Gasteiger partial charge in [0, 0.05) is 10.9 Å². The highest BCUT2D eigenvalue weighted by molar-refractivity contribution is 5.88. The van der Waals surface area contributed by atoms with Crippen molar-refractivity contribution in [1.29, 1.82) is 0 Å². The Labute approximate surface area is 132 Å². The van der Waals surface area contributed by atoms with Crippen molar-refractivity contribution in [1.82, 2.24) is 0 Å². The van der Waals surface area contributed by atoms with Crippen LogP contribution in [0.5, 0.6) is 0 Å². The second kappa shape index (κ2) is 7.46. The molecule has 2 aromatic carbocycles. The van der Waals surface area contributed by atoms with Crippen molar-refractivity contribution in [2.24, 2.45) is 0 Å². The van der Waals surface area contributed by atoms with E-state index in [9.17, 15) is 0 Å². The minimum Gasteiger partial charge on any atom is -0.461 e. The van der Waals surface area contributed by atoms with Crippen molar-refractivity contribution >= 4 is 17.0 Å². The van der Waals surface area contributed by atoms with E-state index in [2.05, 4.69) is 50.8 Å². The summed E-state index contributed by atoms with van der Waals surface area (Å²) < 4.78 is 5.61. The summed E-state index contributed by atoms with van der Waals surface area (Å²) in [7, 11) is 0. The highest BCUT2D eigenvalue weighted by atomic mass is 16.3. The molecule has 3 rings (SSSR count). The summed E-state index contributed by atoms with van der Waals surface area (Å²) >= 11 is 0. The Kier molecular flexibility index (Phi) is 5.37. The third-order valence-electron chi connectivity index (χ3n) is 3.39. The first-order valence-electron chi connectivity index (χ1n) is 7.42. The smallest absolute Gasteiger partial charge is 0.134 e. The maximum atomic E-state index is 5.61. The predicted molar refractivity (Wildman–Crippen MR) is 96.1 cm³/mol. The summed E-state index contributed by atoms with van der Waals surface area (Å²) in [5.74, 6) is 0.948. The minimum absolute atomic E-state index is 0.939. The van der Waals surface area contributed by atoms with Gasteiger partial charge in [0.15, 0.2) is 0 Å². The Balaban J connectivity index is 0.000000188. The van der Waals surface area contributed by atoms with Gasteiger partial charge >= 0.3 is 0 Å². The lowest BCUT2D eigenvalue weighted by Crippen LogP contribution is -1.71. The van der Waals surface area contributed by atoms with Crippen LogP contribution in [0.2, 0.25) is 0 Å². The number of rotatable bonds is 2. The van der Waals surface area contributed by atoms with E-state index in [1.807, 2.05) is 37.3 Å². The first kappa shape index (κ1) is 15.8. The Hall–Kier alpha value is -2.54. The summed E-state index contributed by atoms with van der Waals surface area (Å²) in [5, 5.41) is 1.16. The predicted octanol–water partition coefficient (Wildman–Crippen LogP) is 6.24. The SMILES string of the molecule is C=C/C=C\c1c(C)oc2ccccc12.Cc1cccc(C)c1. The molecule has 0 radical (unpaired) electrons. The molecule has 0 aliphatic carbocycles. The molecule has 22 heavy (non-hydrogen) atoms. The molecule has 1 heteroatoms. The fourth-order valence-corrected chi connectivity index (χ4v) is 2.37. The average molecular weight is 290 g/mol. The maximum absolute atomic E-state index is 5.61. The number of fused-ring (bicyclic) bond motifs is 1. The van der Waals surface area contributed by atoms with E-state index in [-0.39, 0.29) is 0 Å². The number of benzene rings is 2. The van der Waals surface area contributed by atoms with E-state index >= 15 is 0 Å². The topological polar surface area (TPSA) is 13.1 Å². The molecule has 0 aliphatic rings. The molecule has 0 atom stereocenters. The third kappa shape index (κ3) is 3.98. The van der Waals surface area contributed by atoms with Gasteiger partial charge in [-0.15, -0.1) is 0 Å². The Bertz CT molecular complexity index is 773. The number of hydrogen-bond acceptors (Lipinski definition) is 1. The maximum Gasteiger partial charge on any atom is 0.134 e. The van der Waals surface area contributed by atoms with Crippen LogP contribution in [-0.2, 0) is 0 Å². The summed E-state index contributed by atoms with van der Waals surface area (Å²) in [6.07, 6.45) is 5.71. The van der Waals surface area contributed by atoms with Crippen LogP contribution in [0.25, 0.3) is 17.0 Å². The standard InChI is InChI=1S/C13H12O.C8H10/c1-3-4-7-11-10(2)14-13-9-6-5-8-12(11)13;1-7-4-3-5-8(2)6-7/h3-9H,1H2,2H3;3-6H,1-2H3/b7-4-;. The van der Waals surface area contributed by atoms with Crippen LogP contribution in [0, 0.1) is 20.8 Å². The van der Waals surface area contributed by atoms with Crippen LogP contribution in [0.1, 0.15) is 22.5 Å². The molecule has 0 spiro atoms. The van der Waals surface area contributed by atoms with Gasteiger partial charge in [0.05, 0.1) is 0 Å². The largest absolute Gasteiger partial charge is 0.461 e. The van der Waals surface area contributed by atoms with Gasteiger partial charge < -0.3 is 4.42 Å². The summed E-state index contributed by atoms with van der Waals surface area (Å²) in [5.41, 5.74) is 4.75. The molecule has 1 nitrogen and oxygen atoms in total. The van der Waals surface area contributed by atoms with E-state index in [1.54, 1.807) is 6.08 Å². The van der Waals surface area contributed by atoms with Gasteiger partial charge in [-0.25, -0.2) is 0 Å². The Morgan fingerprint density at radius 1 is 0.909 bits per heavy atom. The second-order valence-corrected chi connectivity index (χ2v) is 5.32. The molecule has 112 valence electrons. The van der Waals surface area contributed by atoms with Crippen molar-refractivity contribution in [2.45, 2.75) is 20.8 Å². The molecule has 0 N–H and O–H groups in total. The van der Waals surface area contributed by atoms with Crippen molar-refractivity contribution < 1.29 is 4.42 Å². The van der Waals surface area contributed by atoms with Crippen LogP contribution >= 0.6 is 0 Å². The zero-order valence-electron chi connectivity index (χ0n) is 13.5. The summed E-state index contributed by atoms with van der Waals surface area (Å²) in [6, 6.07) is 16.5. The third-order valence-corrected chi connectivity index (χ3v) is 3.39. The average Bonchev–Trinajstić information content (AvgIpc) is 2.81. The van der Waals surface area contributed by atoms with Crippen LogP contribution in [0.3, 0.4) is 0 Å². The molecule has 0 saturated carbocycles. The van der Waals surface area contributed by atoms with E-state index in [0.29, 0.717) is 0 Å². The van der Waals surface area contributed by atoms with Gasteiger partial charge in [-0.3, -0.25) is 0 Å². The van der Waals surface area contributed by atoms with Gasteiger partial charge in [-0.2, -0.15) is 0 Å². The number of furan rings is 1. The van der Waals surface area contributed by atoms with Crippen molar-refractivity contribution in [3.8, 4) is 0 Å². The molecule has 0 saturated heterocycles. The van der Waals surface area contributed by atoms with Gasteiger partial charge in [0.25, 0.3) is 0 Å². The van der Waals surface area contributed by atoms with Gasteiger partial charge in [0.1, 0.15) is 11.3 Å². The monoisotopic (exact) mass is 290 g/mol. The molecule has 0 amide bonds. The first-order valence-corrected chi connectivity index (χ1v) is 7.42. The highest BCUT2D eigenvalue weighted by Crippen LogP contribution is 2.26. The van der Waals surface area contributed by atoms with Crippen LogP contribution in [0.4, 0.5) is 0 Å². The van der Waals surface area contributed by atoms with Crippen molar-refractivity contribution in [2.75, 3.05) is 0 Å². The van der Waals surface area contributed by atoms with Crippen LogP contribution in [0.15, 0.2) is 71.7 Å². The number of allylic oxidation sites excluding steroid dienone is 2. The summed E-state index contributed by atoms with van der Waals surface area (Å²) in [4.78, 5) is 0. The van der Waals surface area contributed by atoms with E-state index < -0.39 is 0 Å². The van der Waals surface area contributed by atoms with Gasteiger partial charge in [-0.1, -0.05) is 78.4 Å². The van der Waals surface area contributed by atoms with Gasteiger partial charge in [0.2, 0.25) is 0 Å². The molecular formula is C21H22O. The second-order valence-electron chi connectivity index (χ2n) is 5.32. The minimum atomic E-state index is 0.939. The van der Waals surface area contributed by atoms with E-state index in [1.165, 1.54) is 11.1 Å². The first-order chi connectivity index (χ1) is 10.6. The fraction of sp³-hybridized carbons (Fsp3) is 0.143. The fourth-order valence-electron chi connectivity index (χ4n) is 2.37. The summed E-state index contributed by atoms with van der Waals surface area (Å²) in [6.45, 7) is 9.84. The van der Waals surface area contributed by atoms with Crippen molar-refractivity contribution in [3.63, 3.8) is 0 Å². The van der Waals surface area contributed by atoms with Crippen molar-refractivity contribution in [3.05, 3.63) is 89.7 Å². The number of para-hydroxylation sites is 1. The number of hydrogen-bond donors (Lipinski definition) is 0. The lowest BCUT2D eigenvalue weighted by atomic mass is 10.1. The molecule has 3 aromatic rings. The van der Waals surface area contributed by atoms with E-state index in [4.69, 9.17) is 4.42 Å². The molecule has 0 unspecified atom stereocenters.